The number of amides is 1. The van der Waals surface area contributed by atoms with E-state index in [-0.39, 0.29) is 31.0 Å². The molecule has 2 aliphatic rings. The van der Waals surface area contributed by atoms with Crippen molar-refractivity contribution >= 4 is 12.1 Å². The largest absolute Gasteiger partial charge is 0.462 e. The minimum absolute atomic E-state index is 0.0252. The average Bonchev–Trinajstić information content (AvgIpc) is 3.11. The summed E-state index contributed by atoms with van der Waals surface area (Å²) < 4.78 is 16.6. The van der Waals surface area contributed by atoms with E-state index in [1.165, 1.54) is 0 Å². The highest BCUT2D eigenvalue weighted by Gasteiger charge is 2.50. The Kier molecular flexibility index (Phi) is 9.25. The Labute approximate surface area is 173 Å². The molecule has 5 atom stereocenters. The van der Waals surface area contributed by atoms with Gasteiger partial charge in [0.15, 0.2) is 5.79 Å². The predicted molar refractivity (Wildman–Crippen MR) is 108 cm³/mol. The van der Waals surface area contributed by atoms with Crippen molar-refractivity contribution in [2.24, 2.45) is 5.92 Å². The number of rotatable bonds is 10. The van der Waals surface area contributed by atoms with Crippen LogP contribution in [0.5, 0.6) is 0 Å². The van der Waals surface area contributed by atoms with Crippen LogP contribution in [0.15, 0.2) is 0 Å². The molecule has 2 N–H and O–H groups in total. The number of hydrogen-bond acceptors (Lipinski definition) is 6. The van der Waals surface area contributed by atoms with Crippen molar-refractivity contribution in [3.63, 3.8) is 0 Å². The zero-order valence-corrected chi connectivity index (χ0v) is 17.9. The number of nitrogens with one attached hydrogen (secondary N) is 1. The fourth-order valence-corrected chi connectivity index (χ4v) is 3.90. The molecule has 0 aromatic heterocycles. The Morgan fingerprint density at radius 2 is 2.21 bits per heavy atom. The monoisotopic (exact) mass is 409 g/mol. The molecule has 2 saturated heterocycles. The van der Waals surface area contributed by atoms with Gasteiger partial charge in [-0.2, -0.15) is 0 Å². The standard InChI is InChI=1S/C22H35NO6/c1-4-6-7-8-10-20(24)28-18-13-17(12-11-16(3)9-5-2)29-22(26,14-18)19-15-27-21(25)23-19/h16-19,26H,4,6-8,10-15H2,1-3H3,(H,23,25)/t16-,17-,18-,19+,22-/m1/s1. The molecule has 29 heavy (non-hydrogen) atoms. The van der Waals surface area contributed by atoms with Gasteiger partial charge >= 0.3 is 12.1 Å². The van der Waals surface area contributed by atoms with Crippen LogP contribution in [0.2, 0.25) is 0 Å². The van der Waals surface area contributed by atoms with Crippen molar-refractivity contribution in [1.82, 2.24) is 5.32 Å². The predicted octanol–water partition coefficient (Wildman–Crippen LogP) is 3.28. The highest BCUT2D eigenvalue weighted by atomic mass is 16.6. The minimum atomic E-state index is -1.62. The van der Waals surface area contributed by atoms with E-state index in [1.807, 2.05) is 13.8 Å². The molecule has 2 rings (SSSR count). The van der Waals surface area contributed by atoms with Crippen LogP contribution >= 0.6 is 0 Å². The van der Waals surface area contributed by atoms with E-state index in [0.717, 1.165) is 32.1 Å². The van der Waals surface area contributed by atoms with Crippen LogP contribution in [0.3, 0.4) is 0 Å². The van der Waals surface area contributed by atoms with Crippen LogP contribution in [0.1, 0.15) is 78.6 Å². The van der Waals surface area contributed by atoms with Crippen molar-refractivity contribution in [3.8, 4) is 11.8 Å². The number of esters is 1. The SMILES string of the molecule is CC#C[C@@H](C)CC[C@@H]1C[C@@H](OC(=O)CCCCCC)C[C@](O)([C@@H]2COC(=O)N2)O1. The normalized spacial score (nSPS) is 29.9. The Morgan fingerprint density at radius 1 is 1.41 bits per heavy atom. The van der Waals surface area contributed by atoms with E-state index < -0.39 is 24.0 Å². The van der Waals surface area contributed by atoms with Gasteiger partial charge < -0.3 is 24.6 Å². The third-order valence-electron chi connectivity index (χ3n) is 5.48. The van der Waals surface area contributed by atoms with Crippen LogP contribution < -0.4 is 5.32 Å². The zero-order valence-electron chi connectivity index (χ0n) is 17.9. The highest BCUT2D eigenvalue weighted by molar-refractivity contribution is 5.70. The van der Waals surface area contributed by atoms with Gasteiger partial charge in [-0.15, -0.1) is 11.8 Å². The van der Waals surface area contributed by atoms with Crippen LogP contribution in [-0.4, -0.2) is 47.8 Å². The van der Waals surface area contributed by atoms with Crippen LogP contribution in [0, 0.1) is 17.8 Å². The summed E-state index contributed by atoms with van der Waals surface area (Å²) >= 11 is 0. The first kappa shape index (κ1) is 23.5. The summed E-state index contributed by atoms with van der Waals surface area (Å²) in [6.07, 6.45) is 5.23. The van der Waals surface area contributed by atoms with Crippen LogP contribution in [0.25, 0.3) is 0 Å². The first-order valence-electron chi connectivity index (χ1n) is 10.8. The number of hydrogen-bond donors (Lipinski definition) is 2. The lowest BCUT2D eigenvalue weighted by molar-refractivity contribution is -0.286. The quantitative estimate of drug-likeness (QED) is 0.327. The highest BCUT2D eigenvalue weighted by Crippen LogP contribution is 2.35. The summed E-state index contributed by atoms with van der Waals surface area (Å²) in [5.74, 6) is 4.37. The van der Waals surface area contributed by atoms with Crippen LogP contribution in [0.4, 0.5) is 4.79 Å². The van der Waals surface area contributed by atoms with Gasteiger partial charge in [0.2, 0.25) is 0 Å². The maximum Gasteiger partial charge on any atom is 0.407 e. The van der Waals surface area contributed by atoms with Gasteiger partial charge in [0.25, 0.3) is 0 Å². The number of alkyl carbamates (subject to hydrolysis) is 1. The average molecular weight is 410 g/mol. The second kappa shape index (κ2) is 11.4. The van der Waals surface area contributed by atoms with E-state index in [4.69, 9.17) is 14.2 Å². The Morgan fingerprint density at radius 3 is 2.86 bits per heavy atom. The Hall–Kier alpha value is -1.78. The lowest BCUT2D eigenvalue weighted by Gasteiger charge is -2.43. The topological polar surface area (TPSA) is 94.1 Å². The number of carbonyl (C=O) groups excluding carboxylic acids is 2. The first-order chi connectivity index (χ1) is 13.9. The first-order valence-corrected chi connectivity index (χ1v) is 10.8. The molecule has 0 unspecified atom stereocenters. The fourth-order valence-electron chi connectivity index (χ4n) is 3.90. The van der Waals surface area contributed by atoms with E-state index in [2.05, 4.69) is 24.1 Å². The van der Waals surface area contributed by atoms with Crippen molar-refractivity contribution < 1.29 is 28.9 Å². The Balaban J connectivity index is 1.98. The van der Waals surface area contributed by atoms with Gasteiger partial charge in [0.1, 0.15) is 18.8 Å². The Bertz CT molecular complexity index is 612. The third-order valence-corrected chi connectivity index (χ3v) is 5.48. The molecule has 7 heteroatoms. The molecule has 164 valence electrons. The minimum Gasteiger partial charge on any atom is -0.462 e. The van der Waals surface area contributed by atoms with Crippen molar-refractivity contribution in [1.29, 1.82) is 0 Å². The molecule has 0 radical (unpaired) electrons. The summed E-state index contributed by atoms with van der Waals surface area (Å²) in [7, 11) is 0. The molecule has 0 aromatic rings. The zero-order chi connectivity index (χ0) is 21.3. The molecular weight excluding hydrogens is 374 g/mol. The third kappa shape index (κ3) is 7.52. The molecule has 0 bridgehead atoms. The molecule has 0 saturated carbocycles. The maximum absolute atomic E-state index is 12.3. The van der Waals surface area contributed by atoms with Gasteiger partial charge in [0, 0.05) is 25.2 Å². The molecule has 1 amide bonds. The summed E-state index contributed by atoms with van der Waals surface area (Å²) in [6.45, 7) is 6.01. The van der Waals surface area contributed by atoms with E-state index in [0.29, 0.717) is 19.3 Å². The molecule has 7 nitrogen and oxygen atoms in total. The van der Waals surface area contributed by atoms with Gasteiger partial charge in [0.05, 0.1) is 6.10 Å². The second-order valence-corrected chi connectivity index (χ2v) is 8.12. The summed E-state index contributed by atoms with van der Waals surface area (Å²) in [4.78, 5) is 23.7. The lowest BCUT2D eigenvalue weighted by Crippen LogP contribution is -2.58. The van der Waals surface area contributed by atoms with Crippen molar-refractivity contribution in [3.05, 3.63) is 0 Å². The van der Waals surface area contributed by atoms with E-state index in [1.54, 1.807) is 0 Å². The molecule has 0 aromatic carbocycles. The molecule has 2 fully saturated rings. The number of carbonyl (C=O) groups is 2. The molecule has 2 heterocycles. The smallest absolute Gasteiger partial charge is 0.407 e. The molecule has 2 aliphatic heterocycles. The number of cyclic esters (lactones) is 1. The van der Waals surface area contributed by atoms with Gasteiger partial charge in [-0.3, -0.25) is 4.79 Å². The fraction of sp³-hybridized carbons (Fsp3) is 0.818. The van der Waals surface area contributed by atoms with Gasteiger partial charge in [-0.1, -0.05) is 33.1 Å². The molecule has 0 spiro atoms. The van der Waals surface area contributed by atoms with Crippen LogP contribution in [-0.2, 0) is 19.0 Å². The lowest BCUT2D eigenvalue weighted by atomic mass is 9.90. The van der Waals surface area contributed by atoms with Gasteiger partial charge in [-0.25, -0.2) is 4.79 Å². The van der Waals surface area contributed by atoms with Gasteiger partial charge in [-0.05, 0) is 26.2 Å². The summed E-state index contributed by atoms with van der Waals surface area (Å²) in [5, 5.41) is 13.7. The molecule has 0 aliphatic carbocycles. The van der Waals surface area contributed by atoms with E-state index >= 15 is 0 Å². The number of ether oxygens (including phenoxy) is 3. The van der Waals surface area contributed by atoms with Crippen molar-refractivity contribution in [2.75, 3.05) is 6.61 Å². The second-order valence-electron chi connectivity index (χ2n) is 8.12. The maximum atomic E-state index is 12.3. The summed E-state index contributed by atoms with van der Waals surface area (Å²) in [6, 6.07) is -0.684. The number of aliphatic hydroxyl groups is 1. The van der Waals surface area contributed by atoms with Crippen molar-refractivity contribution in [2.45, 2.75) is 103 Å². The number of unbranched alkanes of at least 4 members (excludes halogenated alkanes) is 3. The van der Waals surface area contributed by atoms with E-state index in [9.17, 15) is 14.7 Å². The molecular formula is C22H35NO6. The summed E-state index contributed by atoms with van der Waals surface area (Å²) in [5.41, 5.74) is 0.